The van der Waals surface area contributed by atoms with Crippen LogP contribution in [0.25, 0.3) is 0 Å². The molecule has 0 aromatic heterocycles. The molecule has 1 aromatic rings. The molecule has 0 spiro atoms. The van der Waals surface area contributed by atoms with E-state index in [-0.39, 0.29) is 6.04 Å². The van der Waals surface area contributed by atoms with Gasteiger partial charge in [0, 0.05) is 23.0 Å². The molecule has 2 N–H and O–H groups in total. The van der Waals surface area contributed by atoms with E-state index < -0.39 is 0 Å². The minimum Gasteiger partial charge on any atom is -0.381 e. The highest BCUT2D eigenvalue weighted by Crippen LogP contribution is 2.31. The molecule has 0 amide bonds. The van der Waals surface area contributed by atoms with Crippen LogP contribution in [0.4, 0.5) is 0 Å². The maximum atomic E-state index is 6.24. The van der Waals surface area contributed by atoms with Crippen LogP contribution < -0.4 is 5.73 Å². The van der Waals surface area contributed by atoms with Crippen LogP contribution in [-0.4, -0.2) is 13.2 Å². The van der Waals surface area contributed by atoms with Crippen molar-refractivity contribution in [3.63, 3.8) is 0 Å². The summed E-state index contributed by atoms with van der Waals surface area (Å²) in [6.07, 6.45) is 1.07. The summed E-state index contributed by atoms with van der Waals surface area (Å²) < 4.78 is 6.48. The Bertz CT molecular complexity index is 347. The lowest BCUT2D eigenvalue weighted by Crippen LogP contribution is -2.22. The van der Waals surface area contributed by atoms with Gasteiger partial charge in [0.05, 0.1) is 6.61 Å². The fourth-order valence-electron chi connectivity index (χ4n) is 1.99. The zero-order valence-corrected chi connectivity index (χ0v) is 10.5. The molecule has 2 nitrogen and oxygen atoms in total. The minimum atomic E-state index is 0.0856. The van der Waals surface area contributed by atoms with Crippen LogP contribution in [0.5, 0.6) is 0 Å². The standard InChI is InChI=1S/C12H16BrNO/c1-8-2-3-10(11(13)6-8)12(14)9-4-5-15-7-9/h2-3,6,9,12H,4-5,7,14H2,1H3. The van der Waals surface area contributed by atoms with Crippen molar-refractivity contribution in [2.75, 3.05) is 13.2 Å². The van der Waals surface area contributed by atoms with Gasteiger partial charge in [-0.25, -0.2) is 0 Å². The molecular weight excluding hydrogens is 254 g/mol. The van der Waals surface area contributed by atoms with Gasteiger partial charge in [-0.3, -0.25) is 0 Å². The third kappa shape index (κ3) is 2.41. The highest BCUT2D eigenvalue weighted by Gasteiger charge is 2.25. The lowest BCUT2D eigenvalue weighted by Gasteiger charge is -2.19. The second-order valence-corrected chi connectivity index (χ2v) is 5.03. The first-order valence-corrected chi connectivity index (χ1v) is 6.07. The zero-order valence-electron chi connectivity index (χ0n) is 8.87. The highest BCUT2D eigenvalue weighted by molar-refractivity contribution is 9.10. The van der Waals surface area contributed by atoms with Crippen molar-refractivity contribution >= 4 is 15.9 Å². The third-order valence-corrected chi connectivity index (χ3v) is 3.67. The van der Waals surface area contributed by atoms with Crippen molar-refractivity contribution in [1.29, 1.82) is 0 Å². The Labute approximate surface area is 98.9 Å². The second-order valence-electron chi connectivity index (χ2n) is 4.17. The van der Waals surface area contributed by atoms with Gasteiger partial charge in [-0.15, -0.1) is 0 Å². The first-order chi connectivity index (χ1) is 7.18. The SMILES string of the molecule is Cc1ccc(C(N)C2CCOC2)c(Br)c1. The Morgan fingerprint density at radius 3 is 2.93 bits per heavy atom. The zero-order chi connectivity index (χ0) is 10.8. The van der Waals surface area contributed by atoms with Gasteiger partial charge in [-0.05, 0) is 30.5 Å². The average Bonchev–Trinajstić information content (AvgIpc) is 2.69. The molecule has 0 radical (unpaired) electrons. The van der Waals surface area contributed by atoms with E-state index in [1.807, 2.05) is 0 Å². The van der Waals surface area contributed by atoms with Gasteiger partial charge < -0.3 is 10.5 Å². The highest BCUT2D eigenvalue weighted by atomic mass is 79.9. The summed E-state index contributed by atoms with van der Waals surface area (Å²) in [5, 5.41) is 0. The molecule has 1 saturated heterocycles. The van der Waals surface area contributed by atoms with Gasteiger partial charge >= 0.3 is 0 Å². The maximum Gasteiger partial charge on any atom is 0.0513 e. The normalized spacial score (nSPS) is 23.0. The number of hydrogen-bond donors (Lipinski definition) is 1. The van der Waals surface area contributed by atoms with Gasteiger partial charge in [0.15, 0.2) is 0 Å². The lowest BCUT2D eigenvalue weighted by atomic mass is 9.93. The topological polar surface area (TPSA) is 35.2 Å². The third-order valence-electron chi connectivity index (χ3n) is 2.99. The number of rotatable bonds is 2. The van der Waals surface area contributed by atoms with E-state index in [1.165, 1.54) is 11.1 Å². The number of aryl methyl sites for hydroxylation is 1. The monoisotopic (exact) mass is 269 g/mol. The molecule has 1 aliphatic heterocycles. The Morgan fingerprint density at radius 1 is 1.53 bits per heavy atom. The molecule has 2 rings (SSSR count). The lowest BCUT2D eigenvalue weighted by molar-refractivity contribution is 0.181. The number of benzene rings is 1. The minimum absolute atomic E-state index is 0.0856. The quantitative estimate of drug-likeness (QED) is 0.896. The van der Waals surface area contributed by atoms with Crippen LogP contribution in [0.2, 0.25) is 0 Å². The number of hydrogen-bond acceptors (Lipinski definition) is 2. The average molecular weight is 270 g/mol. The Balaban J connectivity index is 2.20. The van der Waals surface area contributed by atoms with Crippen LogP contribution in [0.3, 0.4) is 0 Å². The fourth-order valence-corrected chi connectivity index (χ4v) is 2.75. The molecule has 2 atom stereocenters. The molecular formula is C12H16BrNO. The fraction of sp³-hybridized carbons (Fsp3) is 0.500. The van der Waals surface area contributed by atoms with Crippen LogP contribution >= 0.6 is 15.9 Å². The molecule has 1 heterocycles. The summed E-state index contributed by atoms with van der Waals surface area (Å²) >= 11 is 3.57. The predicted octanol–water partition coefficient (Wildman–Crippen LogP) is 2.79. The molecule has 1 aliphatic rings. The molecule has 15 heavy (non-hydrogen) atoms. The summed E-state index contributed by atoms with van der Waals surface area (Å²) in [6.45, 7) is 3.72. The molecule has 1 fully saturated rings. The van der Waals surface area contributed by atoms with Crippen molar-refractivity contribution < 1.29 is 4.74 Å². The van der Waals surface area contributed by atoms with Crippen molar-refractivity contribution in [3.05, 3.63) is 33.8 Å². The Morgan fingerprint density at radius 2 is 2.33 bits per heavy atom. The van der Waals surface area contributed by atoms with E-state index >= 15 is 0 Å². The first kappa shape index (κ1) is 11.1. The van der Waals surface area contributed by atoms with Gasteiger partial charge in [0.25, 0.3) is 0 Å². The molecule has 1 aromatic carbocycles. The Kier molecular flexibility index (Phi) is 3.44. The summed E-state index contributed by atoms with van der Waals surface area (Å²) in [7, 11) is 0. The summed E-state index contributed by atoms with van der Waals surface area (Å²) in [5.74, 6) is 0.462. The maximum absolute atomic E-state index is 6.24. The number of nitrogens with two attached hydrogens (primary N) is 1. The van der Waals surface area contributed by atoms with Gasteiger partial charge in [-0.1, -0.05) is 28.1 Å². The van der Waals surface area contributed by atoms with Crippen molar-refractivity contribution in [1.82, 2.24) is 0 Å². The van der Waals surface area contributed by atoms with Crippen molar-refractivity contribution in [2.24, 2.45) is 11.7 Å². The summed E-state index contributed by atoms with van der Waals surface area (Å²) in [5.41, 5.74) is 8.68. The molecule has 0 aliphatic carbocycles. The predicted molar refractivity (Wildman–Crippen MR) is 64.7 cm³/mol. The van der Waals surface area contributed by atoms with E-state index in [2.05, 4.69) is 41.1 Å². The van der Waals surface area contributed by atoms with Gasteiger partial charge in [0.1, 0.15) is 0 Å². The van der Waals surface area contributed by atoms with E-state index in [4.69, 9.17) is 10.5 Å². The van der Waals surface area contributed by atoms with Crippen LogP contribution in [-0.2, 0) is 4.74 Å². The number of halogens is 1. The van der Waals surface area contributed by atoms with E-state index in [9.17, 15) is 0 Å². The van der Waals surface area contributed by atoms with Gasteiger partial charge in [0.2, 0.25) is 0 Å². The molecule has 0 saturated carbocycles. The van der Waals surface area contributed by atoms with Crippen molar-refractivity contribution in [2.45, 2.75) is 19.4 Å². The Hall–Kier alpha value is -0.380. The molecule has 2 unspecified atom stereocenters. The first-order valence-electron chi connectivity index (χ1n) is 5.28. The van der Waals surface area contributed by atoms with E-state index in [0.717, 1.165) is 24.1 Å². The molecule has 3 heteroatoms. The van der Waals surface area contributed by atoms with Crippen LogP contribution in [0.1, 0.15) is 23.6 Å². The summed E-state index contributed by atoms with van der Waals surface area (Å²) in [4.78, 5) is 0. The van der Waals surface area contributed by atoms with E-state index in [0.29, 0.717) is 5.92 Å². The van der Waals surface area contributed by atoms with Crippen molar-refractivity contribution in [3.8, 4) is 0 Å². The van der Waals surface area contributed by atoms with Crippen LogP contribution in [0.15, 0.2) is 22.7 Å². The van der Waals surface area contributed by atoms with E-state index in [1.54, 1.807) is 0 Å². The number of ether oxygens (including phenoxy) is 1. The van der Waals surface area contributed by atoms with Gasteiger partial charge in [-0.2, -0.15) is 0 Å². The molecule has 82 valence electrons. The van der Waals surface area contributed by atoms with Crippen LogP contribution in [0, 0.1) is 12.8 Å². The molecule has 0 bridgehead atoms. The largest absolute Gasteiger partial charge is 0.381 e. The summed E-state index contributed by atoms with van der Waals surface area (Å²) in [6, 6.07) is 6.42. The second kappa shape index (κ2) is 4.64. The smallest absolute Gasteiger partial charge is 0.0513 e.